The Morgan fingerprint density at radius 3 is 2.82 bits per heavy atom. The maximum atomic E-state index is 13.6. The standard InChI is InChI=1S/C12H12FNO3/c1-8(15)10-3-2-9(6-11(10)13)14-4-5-17-7-12(14)16/h2-3,6H,4-5,7H2,1H3. The fraction of sp³-hybridized carbons (Fsp3) is 0.333. The second kappa shape index (κ2) is 4.63. The summed E-state index contributed by atoms with van der Waals surface area (Å²) in [4.78, 5) is 24.1. The minimum atomic E-state index is -0.603. The van der Waals surface area contributed by atoms with Crippen molar-refractivity contribution in [1.82, 2.24) is 0 Å². The molecule has 0 N–H and O–H groups in total. The van der Waals surface area contributed by atoms with Crippen molar-refractivity contribution in [3.05, 3.63) is 29.6 Å². The first-order chi connectivity index (χ1) is 8.09. The normalized spacial score (nSPS) is 16.1. The number of carbonyl (C=O) groups is 2. The highest BCUT2D eigenvalue weighted by Gasteiger charge is 2.21. The van der Waals surface area contributed by atoms with Gasteiger partial charge in [0.25, 0.3) is 5.91 Å². The first-order valence-electron chi connectivity index (χ1n) is 5.28. The molecule has 1 heterocycles. The molecule has 4 nitrogen and oxygen atoms in total. The second-order valence-electron chi connectivity index (χ2n) is 3.82. The van der Waals surface area contributed by atoms with Crippen molar-refractivity contribution in [2.75, 3.05) is 24.7 Å². The lowest BCUT2D eigenvalue weighted by molar-refractivity contribution is -0.125. The molecule has 2 rings (SSSR count). The number of nitrogens with zero attached hydrogens (tertiary/aromatic N) is 1. The van der Waals surface area contributed by atoms with Crippen LogP contribution in [0.15, 0.2) is 18.2 Å². The molecular weight excluding hydrogens is 225 g/mol. The summed E-state index contributed by atoms with van der Waals surface area (Å²) < 4.78 is 18.6. The number of morpholine rings is 1. The summed E-state index contributed by atoms with van der Waals surface area (Å²) in [5.74, 6) is -1.14. The van der Waals surface area contributed by atoms with Gasteiger partial charge in [0.05, 0.1) is 12.2 Å². The number of hydrogen-bond donors (Lipinski definition) is 0. The van der Waals surface area contributed by atoms with E-state index in [0.29, 0.717) is 18.8 Å². The van der Waals surface area contributed by atoms with Crippen LogP contribution in [0.3, 0.4) is 0 Å². The van der Waals surface area contributed by atoms with Gasteiger partial charge < -0.3 is 9.64 Å². The molecule has 1 aromatic rings. The van der Waals surface area contributed by atoms with Crippen molar-refractivity contribution < 1.29 is 18.7 Å². The van der Waals surface area contributed by atoms with Gasteiger partial charge in [-0.15, -0.1) is 0 Å². The zero-order valence-corrected chi connectivity index (χ0v) is 9.40. The molecule has 1 saturated heterocycles. The van der Waals surface area contributed by atoms with Crippen molar-refractivity contribution in [3.8, 4) is 0 Å². The van der Waals surface area contributed by atoms with Gasteiger partial charge in [-0.2, -0.15) is 0 Å². The molecule has 0 saturated carbocycles. The van der Waals surface area contributed by atoms with Crippen LogP contribution in [0.2, 0.25) is 0 Å². The third-order valence-corrected chi connectivity index (χ3v) is 2.63. The van der Waals surface area contributed by atoms with E-state index < -0.39 is 5.82 Å². The fourth-order valence-corrected chi connectivity index (χ4v) is 1.75. The number of ether oxygens (including phenoxy) is 1. The van der Waals surface area contributed by atoms with Crippen molar-refractivity contribution in [2.45, 2.75) is 6.92 Å². The monoisotopic (exact) mass is 237 g/mol. The van der Waals surface area contributed by atoms with E-state index in [4.69, 9.17) is 4.74 Å². The van der Waals surface area contributed by atoms with Crippen LogP contribution in [-0.2, 0) is 9.53 Å². The number of anilines is 1. The highest BCUT2D eigenvalue weighted by atomic mass is 19.1. The van der Waals surface area contributed by atoms with Crippen LogP contribution < -0.4 is 4.90 Å². The van der Waals surface area contributed by atoms with Crippen LogP contribution in [0.5, 0.6) is 0 Å². The van der Waals surface area contributed by atoms with Gasteiger partial charge in [-0.25, -0.2) is 4.39 Å². The Kier molecular flexibility index (Phi) is 3.19. The van der Waals surface area contributed by atoms with Gasteiger partial charge in [-0.1, -0.05) is 0 Å². The molecule has 1 amide bonds. The first-order valence-corrected chi connectivity index (χ1v) is 5.28. The molecule has 17 heavy (non-hydrogen) atoms. The first kappa shape index (κ1) is 11.7. The number of rotatable bonds is 2. The highest BCUT2D eigenvalue weighted by molar-refractivity contribution is 5.97. The number of hydrogen-bond acceptors (Lipinski definition) is 3. The SMILES string of the molecule is CC(=O)c1ccc(N2CCOCC2=O)cc1F. The van der Waals surface area contributed by atoms with E-state index >= 15 is 0 Å². The third kappa shape index (κ3) is 2.34. The summed E-state index contributed by atoms with van der Waals surface area (Å²) in [5.41, 5.74) is 0.496. The van der Waals surface area contributed by atoms with E-state index in [0.717, 1.165) is 0 Å². The third-order valence-electron chi connectivity index (χ3n) is 2.63. The Morgan fingerprint density at radius 2 is 2.24 bits per heavy atom. The lowest BCUT2D eigenvalue weighted by atomic mass is 10.1. The van der Waals surface area contributed by atoms with E-state index in [1.54, 1.807) is 6.07 Å². The highest BCUT2D eigenvalue weighted by Crippen LogP contribution is 2.20. The number of amides is 1. The van der Waals surface area contributed by atoms with Crippen LogP contribution in [-0.4, -0.2) is 31.4 Å². The summed E-state index contributed by atoms with van der Waals surface area (Å²) in [7, 11) is 0. The van der Waals surface area contributed by atoms with E-state index in [9.17, 15) is 14.0 Å². The largest absolute Gasteiger partial charge is 0.370 e. The molecule has 0 bridgehead atoms. The van der Waals surface area contributed by atoms with E-state index in [1.165, 1.54) is 24.0 Å². The number of ketones is 1. The van der Waals surface area contributed by atoms with E-state index in [2.05, 4.69) is 0 Å². The summed E-state index contributed by atoms with van der Waals surface area (Å²) in [6.07, 6.45) is 0. The summed E-state index contributed by atoms with van der Waals surface area (Å²) >= 11 is 0. The fourth-order valence-electron chi connectivity index (χ4n) is 1.75. The maximum Gasteiger partial charge on any atom is 0.253 e. The van der Waals surface area contributed by atoms with Crippen molar-refractivity contribution in [2.24, 2.45) is 0 Å². The molecule has 5 heteroatoms. The van der Waals surface area contributed by atoms with Crippen LogP contribution >= 0.6 is 0 Å². The number of halogens is 1. The van der Waals surface area contributed by atoms with Crippen LogP contribution in [0.4, 0.5) is 10.1 Å². The molecule has 0 aliphatic carbocycles. The van der Waals surface area contributed by atoms with Crippen molar-refractivity contribution in [1.29, 1.82) is 0 Å². The van der Waals surface area contributed by atoms with Gasteiger partial charge in [0.1, 0.15) is 12.4 Å². The van der Waals surface area contributed by atoms with E-state index in [1.807, 2.05) is 0 Å². The average molecular weight is 237 g/mol. The Bertz CT molecular complexity index is 473. The molecule has 1 aliphatic rings. The van der Waals surface area contributed by atoms with Gasteiger partial charge in [0.2, 0.25) is 0 Å². The molecule has 0 atom stereocenters. The Labute approximate surface area is 98.0 Å². The summed E-state index contributed by atoms with van der Waals surface area (Å²) in [5, 5.41) is 0. The minimum absolute atomic E-state index is 0.01000. The smallest absolute Gasteiger partial charge is 0.253 e. The molecule has 0 spiro atoms. The Morgan fingerprint density at radius 1 is 1.47 bits per heavy atom. The lowest BCUT2D eigenvalue weighted by Crippen LogP contribution is -2.41. The van der Waals surface area contributed by atoms with Crippen LogP contribution in [0.25, 0.3) is 0 Å². The molecule has 0 unspecified atom stereocenters. The Hall–Kier alpha value is -1.75. The van der Waals surface area contributed by atoms with Gasteiger partial charge in [-0.05, 0) is 25.1 Å². The molecule has 0 aromatic heterocycles. The molecule has 1 aromatic carbocycles. The number of benzene rings is 1. The predicted octanol–water partition coefficient (Wildman–Crippen LogP) is 1.39. The second-order valence-corrected chi connectivity index (χ2v) is 3.82. The zero-order chi connectivity index (χ0) is 12.4. The van der Waals surface area contributed by atoms with Crippen molar-refractivity contribution in [3.63, 3.8) is 0 Å². The average Bonchev–Trinajstić information content (AvgIpc) is 2.29. The predicted molar refractivity (Wildman–Crippen MR) is 59.6 cm³/mol. The van der Waals surface area contributed by atoms with Crippen LogP contribution in [0, 0.1) is 5.82 Å². The number of carbonyl (C=O) groups excluding carboxylic acids is 2. The Balaban J connectivity index is 2.30. The zero-order valence-electron chi connectivity index (χ0n) is 9.40. The van der Waals surface area contributed by atoms with Gasteiger partial charge in [-0.3, -0.25) is 9.59 Å². The topological polar surface area (TPSA) is 46.6 Å². The lowest BCUT2D eigenvalue weighted by Gasteiger charge is -2.26. The summed E-state index contributed by atoms with van der Waals surface area (Å²) in [6, 6.07) is 4.18. The molecule has 1 aliphatic heterocycles. The van der Waals surface area contributed by atoms with Crippen molar-refractivity contribution >= 4 is 17.4 Å². The molecule has 90 valence electrons. The van der Waals surface area contributed by atoms with Gasteiger partial charge in [0, 0.05) is 12.2 Å². The van der Waals surface area contributed by atoms with Gasteiger partial charge >= 0.3 is 0 Å². The molecule has 0 radical (unpaired) electrons. The molecular formula is C12H12FNO3. The van der Waals surface area contributed by atoms with E-state index in [-0.39, 0.29) is 23.9 Å². The molecule has 1 fully saturated rings. The number of Topliss-reactive ketones (excluding diaryl/α,β-unsaturated/α-hetero) is 1. The maximum absolute atomic E-state index is 13.6. The summed E-state index contributed by atoms with van der Waals surface area (Å²) in [6.45, 7) is 2.15. The van der Waals surface area contributed by atoms with Crippen LogP contribution in [0.1, 0.15) is 17.3 Å². The van der Waals surface area contributed by atoms with Gasteiger partial charge in [0.15, 0.2) is 5.78 Å². The quantitative estimate of drug-likeness (QED) is 0.730. The minimum Gasteiger partial charge on any atom is -0.370 e.